The summed E-state index contributed by atoms with van der Waals surface area (Å²) >= 11 is 0. The molecule has 1 N–H and O–H groups in total. The Kier molecular flexibility index (Phi) is 6.53. The van der Waals surface area contributed by atoms with Gasteiger partial charge in [0.2, 0.25) is 0 Å². The molecule has 1 amide bonds. The summed E-state index contributed by atoms with van der Waals surface area (Å²) in [5.74, 6) is 0. The molecule has 13 heavy (non-hydrogen) atoms. The summed E-state index contributed by atoms with van der Waals surface area (Å²) < 4.78 is 9.27. The maximum absolute atomic E-state index is 10.6. The lowest BCUT2D eigenvalue weighted by molar-refractivity contribution is -0.110. The molecule has 0 spiro atoms. The molecule has 0 aromatic rings. The summed E-state index contributed by atoms with van der Waals surface area (Å²) in [7, 11) is 1.22. The number of rotatable bonds is 6. The summed E-state index contributed by atoms with van der Waals surface area (Å²) in [4.78, 5) is 21.0. The number of hydrogen-bond acceptors (Lipinski definition) is 4. The highest BCUT2D eigenvalue weighted by Crippen LogP contribution is 1.84. The topological polar surface area (TPSA) is 64.6 Å². The number of hydrogen-bond donors (Lipinski definition) is 1. The second-order valence-corrected chi connectivity index (χ2v) is 2.20. The smallest absolute Gasteiger partial charge is 0.407 e. The third-order valence-corrected chi connectivity index (χ3v) is 1.19. The van der Waals surface area contributed by atoms with Gasteiger partial charge in [-0.05, 0) is 0 Å². The van der Waals surface area contributed by atoms with Crippen LogP contribution in [0.25, 0.3) is 0 Å². The Morgan fingerprint density at radius 1 is 1.69 bits per heavy atom. The minimum absolute atomic E-state index is 0.116. The van der Waals surface area contributed by atoms with Crippen molar-refractivity contribution in [3.05, 3.63) is 12.7 Å². The van der Waals surface area contributed by atoms with Crippen LogP contribution in [-0.2, 0) is 14.3 Å². The molecule has 1 atom stereocenters. The Morgan fingerprint density at radius 2 is 2.38 bits per heavy atom. The normalized spacial score (nSPS) is 11.5. The van der Waals surface area contributed by atoms with Crippen molar-refractivity contribution in [2.45, 2.75) is 6.04 Å². The molecule has 74 valence electrons. The van der Waals surface area contributed by atoms with E-state index in [4.69, 9.17) is 4.74 Å². The summed E-state index contributed by atoms with van der Waals surface area (Å²) in [6, 6.07) is -0.674. The van der Waals surface area contributed by atoms with Gasteiger partial charge < -0.3 is 19.6 Å². The Labute approximate surface area is 76.7 Å². The molecule has 0 fully saturated rings. The Morgan fingerprint density at radius 3 is 2.85 bits per heavy atom. The maximum Gasteiger partial charge on any atom is 0.407 e. The number of carbonyl (C=O) groups is 2. The highest BCUT2D eigenvalue weighted by molar-refractivity contribution is 5.72. The molecule has 0 aliphatic carbocycles. The second kappa shape index (κ2) is 7.30. The van der Waals surface area contributed by atoms with Crippen LogP contribution in [0, 0.1) is 0 Å². The van der Waals surface area contributed by atoms with Crippen molar-refractivity contribution < 1.29 is 19.1 Å². The van der Waals surface area contributed by atoms with Crippen LogP contribution in [0.3, 0.4) is 0 Å². The van der Waals surface area contributed by atoms with Crippen molar-refractivity contribution in [1.29, 1.82) is 0 Å². The van der Waals surface area contributed by atoms with Gasteiger partial charge in [0.15, 0.2) is 0 Å². The van der Waals surface area contributed by atoms with Gasteiger partial charge in [-0.1, -0.05) is 6.08 Å². The molecule has 0 bridgehead atoms. The lowest BCUT2D eigenvalue weighted by Gasteiger charge is -2.10. The van der Waals surface area contributed by atoms with Crippen molar-refractivity contribution in [3.8, 4) is 0 Å². The van der Waals surface area contributed by atoms with Crippen molar-refractivity contribution >= 4 is 12.4 Å². The molecule has 0 saturated carbocycles. The predicted octanol–water partition coefficient (Wildman–Crippen LogP) is 0.112. The molecule has 0 saturated heterocycles. The number of nitrogens with one attached hydrogen (secondary N) is 1. The first-order valence-corrected chi connectivity index (χ1v) is 3.73. The molecule has 1 unspecified atom stereocenters. The molecular formula is C8H13NO4. The number of amides is 1. The lowest BCUT2D eigenvalue weighted by Crippen LogP contribution is -2.39. The van der Waals surface area contributed by atoms with Gasteiger partial charge >= 0.3 is 6.09 Å². The quantitative estimate of drug-likeness (QED) is 0.364. The van der Waals surface area contributed by atoms with Crippen molar-refractivity contribution in [3.63, 3.8) is 0 Å². The van der Waals surface area contributed by atoms with Gasteiger partial charge in [-0.15, -0.1) is 6.58 Å². The van der Waals surface area contributed by atoms with Crippen LogP contribution in [0.5, 0.6) is 0 Å². The first kappa shape index (κ1) is 11.6. The van der Waals surface area contributed by atoms with E-state index in [1.165, 1.54) is 7.11 Å². The van der Waals surface area contributed by atoms with E-state index in [-0.39, 0.29) is 6.61 Å². The van der Waals surface area contributed by atoms with E-state index in [0.717, 1.165) is 0 Å². The Balaban J connectivity index is 3.68. The van der Waals surface area contributed by atoms with Crippen molar-refractivity contribution in [2.75, 3.05) is 20.3 Å². The summed E-state index contributed by atoms with van der Waals surface area (Å²) in [6.07, 6.45) is 1.49. The number of carbonyl (C=O) groups excluding carboxylic acids is 2. The Bertz CT molecular complexity index is 181. The lowest BCUT2D eigenvalue weighted by atomic mass is 10.3. The van der Waals surface area contributed by atoms with E-state index in [1.54, 1.807) is 6.08 Å². The average Bonchev–Trinajstić information content (AvgIpc) is 2.16. The van der Waals surface area contributed by atoms with Gasteiger partial charge in [0, 0.05) is 0 Å². The molecule has 5 heteroatoms. The molecule has 0 aromatic carbocycles. The van der Waals surface area contributed by atoms with Crippen LogP contribution >= 0.6 is 0 Å². The molecular weight excluding hydrogens is 174 g/mol. The van der Waals surface area contributed by atoms with Crippen LogP contribution in [0.4, 0.5) is 4.79 Å². The van der Waals surface area contributed by atoms with E-state index in [0.29, 0.717) is 12.9 Å². The molecule has 5 nitrogen and oxygen atoms in total. The highest BCUT2D eigenvalue weighted by atomic mass is 16.5. The number of ether oxygens (including phenoxy) is 2. The third-order valence-electron chi connectivity index (χ3n) is 1.19. The van der Waals surface area contributed by atoms with E-state index < -0.39 is 12.1 Å². The third kappa shape index (κ3) is 5.86. The highest BCUT2D eigenvalue weighted by Gasteiger charge is 2.10. The summed E-state index contributed by atoms with van der Waals surface area (Å²) in [5, 5.41) is 2.29. The van der Waals surface area contributed by atoms with Crippen LogP contribution in [0.15, 0.2) is 12.7 Å². The minimum atomic E-state index is -0.674. The first-order chi connectivity index (χ1) is 6.24. The van der Waals surface area contributed by atoms with Gasteiger partial charge in [-0.2, -0.15) is 0 Å². The van der Waals surface area contributed by atoms with Crippen LogP contribution in [-0.4, -0.2) is 38.7 Å². The summed E-state index contributed by atoms with van der Waals surface area (Å²) in [5.41, 5.74) is 0. The molecule has 0 radical (unpaired) electrons. The Hall–Kier alpha value is -1.36. The monoisotopic (exact) mass is 187 g/mol. The van der Waals surface area contributed by atoms with Crippen molar-refractivity contribution in [2.24, 2.45) is 0 Å². The molecule has 0 aliphatic rings. The zero-order valence-corrected chi connectivity index (χ0v) is 7.49. The second-order valence-electron chi connectivity index (χ2n) is 2.20. The standard InChI is InChI=1S/C8H13NO4/c1-3-4-13-6-7(5-10)9-8(11)12-2/h3,5,7H,1,4,6H2,2H3,(H,9,11). The van der Waals surface area contributed by atoms with E-state index in [2.05, 4.69) is 16.6 Å². The summed E-state index contributed by atoms with van der Waals surface area (Å²) in [6.45, 7) is 3.89. The van der Waals surface area contributed by atoms with Gasteiger partial charge in [0.05, 0.1) is 20.3 Å². The average molecular weight is 187 g/mol. The largest absolute Gasteiger partial charge is 0.453 e. The molecule has 0 aromatic heterocycles. The van der Waals surface area contributed by atoms with E-state index in [1.807, 2.05) is 0 Å². The number of aldehydes is 1. The van der Waals surface area contributed by atoms with Crippen molar-refractivity contribution in [1.82, 2.24) is 5.32 Å². The van der Waals surface area contributed by atoms with Gasteiger partial charge in [-0.3, -0.25) is 0 Å². The first-order valence-electron chi connectivity index (χ1n) is 3.73. The SMILES string of the molecule is C=CCOCC(C=O)NC(=O)OC. The predicted molar refractivity (Wildman–Crippen MR) is 46.4 cm³/mol. The zero-order valence-electron chi connectivity index (χ0n) is 7.49. The minimum Gasteiger partial charge on any atom is -0.453 e. The molecule has 0 rings (SSSR count). The van der Waals surface area contributed by atoms with Crippen LogP contribution in [0.1, 0.15) is 0 Å². The number of alkyl carbamates (subject to hydrolysis) is 1. The van der Waals surface area contributed by atoms with Crippen LogP contribution < -0.4 is 5.32 Å². The maximum atomic E-state index is 10.6. The van der Waals surface area contributed by atoms with Gasteiger partial charge in [0.1, 0.15) is 12.3 Å². The fraction of sp³-hybridized carbons (Fsp3) is 0.500. The van der Waals surface area contributed by atoms with Gasteiger partial charge in [-0.25, -0.2) is 4.79 Å². The number of methoxy groups -OCH3 is 1. The van der Waals surface area contributed by atoms with Gasteiger partial charge in [0.25, 0.3) is 0 Å². The molecule has 0 heterocycles. The fourth-order valence-corrected chi connectivity index (χ4v) is 0.604. The fourth-order valence-electron chi connectivity index (χ4n) is 0.604. The molecule has 0 aliphatic heterocycles. The van der Waals surface area contributed by atoms with E-state index >= 15 is 0 Å². The zero-order chi connectivity index (χ0) is 10.1. The van der Waals surface area contributed by atoms with Crippen LogP contribution in [0.2, 0.25) is 0 Å². The van der Waals surface area contributed by atoms with E-state index in [9.17, 15) is 9.59 Å².